The van der Waals surface area contributed by atoms with Gasteiger partial charge in [-0.25, -0.2) is 4.79 Å². The van der Waals surface area contributed by atoms with Crippen molar-refractivity contribution < 1.29 is 14.7 Å². The number of rotatable bonds is 5. The lowest BCUT2D eigenvalue weighted by Crippen LogP contribution is -2.45. The Kier molecular flexibility index (Phi) is 6.00. The van der Waals surface area contributed by atoms with Crippen LogP contribution < -0.4 is 5.32 Å². The van der Waals surface area contributed by atoms with Crippen molar-refractivity contribution in [3.05, 3.63) is 32.7 Å². The fourth-order valence-electron chi connectivity index (χ4n) is 1.59. The van der Waals surface area contributed by atoms with Gasteiger partial charge in [0.2, 0.25) is 0 Å². The molecule has 19 heavy (non-hydrogen) atoms. The SMILES string of the molecule is CCC(C)[C@H](NC(=O)c1cc(Br)cc(Br)c1)C(=O)O. The number of hydrogen-bond donors (Lipinski definition) is 2. The maximum atomic E-state index is 12.1. The molecule has 1 unspecified atom stereocenters. The maximum absolute atomic E-state index is 12.1. The summed E-state index contributed by atoms with van der Waals surface area (Å²) in [6.07, 6.45) is 0.680. The van der Waals surface area contributed by atoms with E-state index in [1.165, 1.54) is 0 Å². The van der Waals surface area contributed by atoms with Gasteiger partial charge in [-0.1, -0.05) is 52.1 Å². The average molecular weight is 393 g/mol. The van der Waals surface area contributed by atoms with Crippen LogP contribution in [0.2, 0.25) is 0 Å². The third-order valence-corrected chi connectivity index (χ3v) is 3.81. The van der Waals surface area contributed by atoms with Crippen LogP contribution in [-0.2, 0) is 4.79 Å². The molecule has 104 valence electrons. The van der Waals surface area contributed by atoms with Crippen LogP contribution in [0.15, 0.2) is 27.1 Å². The molecule has 0 aromatic heterocycles. The molecule has 0 fully saturated rings. The van der Waals surface area contributed by atoms with Gasteiger partial charge in [0, 0.05) is 14.5 Å². The Morgan fingerprint density at radius 3 is 2.21 bits per heavy atom. The molecular formula is C13H15Br2NO3. The Morgan fingerprint density at radius 2 is 1.79 bits per heavy atom. The molecule has 6 heteroatoms. The van der Waals surface area contributed by atoms with Crippen LogP contribution in [0.1, 0.15) is 30.6 Å². The molecule has 2 N–H and O–H groups in total. The third kappa shape index (κ3) is 4.62. The Bertz CT molecular complexity index is 471. The summed E-state index contributed by atoms with van der Waals surface area (Å²) in [5.41, 5.74) is 0.413. The lowest BCUT2D eigenvalue weighted by Gasteiger charge is -2.20. The number of benzene rings is 1. The van der Waals surface area contributed by atoms with Gasteiger partial charge in [0.05, 0.1) is 0 Å². The van der Waals surface area contributed by atoms with E-state index in [2.05, 4.69) is 37.2 Å². The van der Waals surface area contributed by atoms with Crippen LogP contribution in [0.3, 0.4) is 0 Å². The Balaban J connectivity index is 2.90. The highest BCUT2D eigenvalue weighted by molar-refractivity contribution is 9.11. The minimum absolute atomic E-state index is 0.128. The van der Waals surface area contributed by atoms with E-state index in [1.54, 1.807) is 25.1 Å². The Hall–Kier alpha value is -0.880. The first-order valence-corrected chi connectivity index (χ1v) is 7.43. The van der Waals surface area contributed by atoms with Gasteiger partial charge in [-0.2, -0.15) is 0 Å². The lowest BCUT2D eigenvalue weighted by atomic mass is 9.99. The summed E-state index contributed by atoms with van der Waals surface area (Å²) in [6, 6.07) is 4.22. The van der Waals surface area contributed by atoms with Crippen molar-refractivity contribution in [2.45, 2.75) is 26.3 Å². The van der Waals surface area contributed by atoms with Crippen molar-refractivity contribution >= 4 is 43.7 Å². The molecule has 1 aromatic carbocycles. The van der Waals surface area contributed by atoms with Crippen LogP contribution in [-0.4, -0.2) is 23.0 Å². The highest BCUT2D eigenvalue weighted by Crippen LogP contribution is 2.20. The van der Waals surface area contributed by atoms with Gasteiger partial charge >= 0.3 is 5.97 Å². The zero-order chi connectivity index (χ0) is 14.6. The summed E-state index contributed by atoms with van der Waals surface area (Å²) in [4.78, 5) is 23.2. The predicted octanol–water partition coefficient (Wildman–Crippen LogP) is 3.44. The van der Waals surface area contributed by atoms with Crippen LogP contribution in [0.25, 0.3) is 0 Å². The molecule has 1 amide bonds. The van der Waals surface area contributed by atoms with Gasteiger partial charge in [0.25, 0.3) is 5.91 Å². The minimum atomic E-state index is -1.02. The third-order valence-electron chi connectivity index (χ3n) is 2.89. The van der Waals surface area contributed by atoms with E-state index < -0.39 is 17.9 Å². The summed E-state index contributed by atoms with van der Waals surface area (Å²) < 4.78 is 1.50. The highest BCUT2D eigenvalue weighted by Gasteiger charge is 2.25. The summed E-state index contributed by atoms with van der Waals surface area (Å²) >= 11 is 6.59. The van der Waals surface area contributed by atoms with Crippen molar-refractivity contribution in [1.29, 1.82) is 0 Å². The second-order valence-electron chi connectivity index (χ2n) is 4.33. The molecule has 0 aliphatic heterocycles. The van der Waals surface area contributed by atoms with Gasteiger partial charge in [-0.15, -0.1) is 0 Å². The largest absolute Gasteiger partial charge is 0.480 e. The number of carbonyl (C=O) groups excluding carboxylic acids is 1. The van der Waals surface area contributed by atoms with E-state index in [1.807, 2.05) is 6.92 Å². The first-order valence-electron chi connectivity index (χ1n) is 5.85. The molecule has 2 atom stereocenters. The van der Waals surface area contributed by atoms with E-state index in [-0.39, 0.29) is 5.92 Å². The lowest BCUT2D eigenvalue weighted by molar-refractivity contribution is -0.140. The van der Waals surface area contributed by atoms with Crippen molar-refractivity contribution in [2.75, 3.05) is 0 Å². The minimum Gasteiger partial charge on any atom is -0.480 e. The molecule has 0 saturated carbocycles. The number of nitrogens with one attached hydrogen (secondary N) is 1. The summed E-state index contributed by atoms with van der Waals surface area (Å²) in [5, 5.41) is 11.7. The molecule has 1 aromatic rings. The molecule has 0 saturated heterocycles. The average Bonchev–Trinajstić information content (AvgIpc) is 2.33. The van der Waals surface area contributed by atoms with Crippen LogP contribution in [0.4, 0.5) is 0 Å². The highest BCUT2D eigenvalue weighted by atomic mass is 79.9. The standard InChI is InChI=1S/C13H15Br2NO3/c1-3-7(2)11(13(18)19)16-12(17)8-4-9(14)6-10(15)5-8/h4-7,11H,3H2,1-2H3,(H,16,17)(H,18,19)/t7?,11-/m0/s1. The second-order valence-corrected chi connectivity index (χ2v) is 6.16. The molecule has 4 nitrogen and oxygen atoms in total. The fraction of sp³-hybridized carbons (Fsp3) is 0.385. The van der Waals surface area contributed by atoms with Gasteiger partial charge in [-0.05, 0) is 24.1 Å². The molecular weight excluding hydrogens is 378 g/mol. The number of carboxylic acids is 1. The quantitative estimate of drug-likeness (QED) is 0.806. The fourth-order valence-corrected chi connectivity index (χ4v) is 2.89. The van der Waals surface area contributed by atoms with Crippen molar-refractivity contribution in [3.8, 4) is 0 Å². The molecule has 0 aliphatic carbocycles. The van der Waals surface area contributed by atoms with E-state index >= 15 is 0 Å². The van der Waals surface area contributed by atoms with Crippen molar-refractivity contribution in [2.24, 2.45) is 5.92 Å². The van der Waals surface area contributed by atoms with E-state index in [4.69, 9.17) is 5.11 Å². The van der Waals surface area contributed by atoms with Crippen LogP contribution >= 0.6 is 31.9 Å². The Labute approximate surface area is 128 Å². The monoisotopic (exact) mass is 391 g/mol. The normalized spacial score (nSPS) is 13.7. The number of carboxylic acid groups (broad SMARTS) is 1. The summed E-state index contributed by atoms with van der Waals surface area (Å²) in [7, 11) is 0. The van der Waals surface area contributed by atoms with Crippen LogP contribution in [0, 0.1) is 5.92 Å². The zero-order valence-corrected chi connectivity index (χ0v) is 13.8. The predicted molar refractivity (Wildman–Crippen MR) is 80.2 cm³/mol. The van der Waals surface area contributed by atoms with Gasteiger partial charge in [0.15, 0.2) is 0 Å². The number of aliphatic carboxylic acids is 1. The first-order chi connectivity index (χ1) is 8.85. The van der Waals surface area contributed by atoms with Crippen LogP contribution in [0.5, 0.6) is 0 Å². The van der Waals surface area contributed by atoms with Gasteiger partial charge in [0.1, 0.15) is 6.04 Å². The number of hydrogen-bond acceptors (Lipinski definition) is 2. The second kappa shape index (κ2) is 7.05. The smallest absolute Gasteiger partial charge is 0.326 e. The molecule has 0 heterocycles. The molecule has 0 radical (unpaired) electrons. The maximum Gasteiger partial charge on any atom is 0.326 e. The zero-order valence-electron chi connectivity index (χ0n) is 10.6. The molecule has 1 rings (SSSR count). The summed E-state index contributed by atoms with van der Waals surface area (Å²) in [6.45, 7) is 3.69. The Morgan fingerprint density at radius 1 is 1.26 bits per heavy atom. The number of amides is 1. The van der Waals surface area contributed by atoms with Gasteiger partial charge < -0.3 is 10.4 Å². The van der Waals surface area contributed by atoms with Gasteiger partial charge in [-0.3, -0.25) is 4.79 Å². The molecule has 0 spiro atoms. The molecule has 0 bridgehead atoms. The van der Waals surface area contributed by atoms with E-state index in [0.29, 0.717) is 12.0 Å². The van der Waals surface area contributed by atoms with E-state index in [0.717, 1.165) is 8.95 Å². The number of halogens is 2. The number of carbonyl (C=O) groups is 2. The van der Waals surface area contributed by atoms with Crippen molar-refractivity contribution in [1.82, 2.24) is 5.32 Å². The topological polar surface area (TPSA) is 66.4 Å². The van der Waals surface area contributed by atoms with E-state index in [9.17, 15) is 9.59 Å². The first kappa shape index (κ1) is 16.2. The van der Waals surface area contributed by atoms with Crippen molar-refractivity contribution in [3.63, 3.8) is 0 Å². The summed E-state index contributed by atoms with van der Waals surface area (Å²) in [5.74, 6) is -1.54. The molecule has 0 aliphatic rings.